The molecule has 136 valence electrons. The second kappa shape index (κ2) is 6.37. The van der Waals surface area contributed by atoms with E-state index in [-0.39, 0.29) is 10.9 Å². The fraction of sp³-hybridized carbons (Fsp3) is 0.250. The van der Waals surface area contributed by atoms with Crippen LogP contribution in [0.2, 0.25) is 0 Å². The summed E-state index contributed by atoms with van der Waals surface area (Å²) in [6.45, 7) is 5.57. The molecular formula is C20H19O5S-. The molecule has 0 aliphatic rings. The predicted molar refractivity (Wildman–Crippen MR) is 99.1 cm³/mol. The molecule has 26 heavy (non-hydrogen) atoms. The molecule has 0 fully saturated rings. The lowest BCUT2D eigenvalue weighted by Gasteiger charge is -2.21. The number of ether oxygens (including phenoxy) is 1. The molecule has 0 aliphatic heterocycles. The van der Waals surface area contributed by atoms with Gasteiger partial charge in [0.25, 0.3) is 0 Å². The van der Waals surface area contributed by atoms with Gasteiger partial charge >= 0.3 is 5.97 Å². The van der Waals surface area contributed by atoms with Crippen LogP contribution in [0.5, 0.6) is 5.75 Å². The molecule has 0 saturated heterocycles. The molecule has 0 aromatic heterocycles. The van der Waals surface area contributed by atoms with E-state index >= 15 is 0 Å². The van der Waals surface area contributed by atoms with Gasteiger partial charge in [-0.3, -0.25) is 4.79 Å². The number of carbonyl (C=O) groups is 1. The molecule has 3 aromatic rings. The highest BCUT2D eigenvalue weighted by atomic mass is 32.2. The van der Waals surface area contributed by atoms with Crippen molar-refractivity contribution in [1.29, 1.82) is 0 Å². The van der Waals surface area contributed by atoms with E-state index in [1.807, 2.05) is 32.9 Å². The van der Waals surface area contributed by atoms with Crippen LogP contribution >= 0.6 is 0 Å². The van der Waals surface area contributed by atoms with Gasteiger partial charge in [0.1, 0.15) is 15.9 Å². The van der Waals surface area contributed by atoms with Crippen molar-refractivity contribution in [2.75, 3.05) is 0 Å². The van der Waals surface area contributed by atoms with Gasteiger partial charge in [0.2, 0.25) is 0 Å². The SMILES string of the molecule is CCC(C)(C)C(=O)Oc1cc2ccc(S(=O)(=O)[O-])cc2c2ccccc12. The molecule has 0 amide bonds. The van der Waals surface area contributed by atoms with Crippen LogP contribution in [-0.4, -0.2) is 18.9 Å². The van der Waals surface area contributed by atoms with Gasteiger partial charge in [-0.25, -0.2) is 8.42 Å². The van der Waals surface area contributed by atoms with E-state index in [2.05, 4.69) is 0 Å². The molecule has 0 N–H and O–H groups in total. The Hall–Kier alpha value is -2.44. The fourth-order valence-corrected chi connectivity index (χ4v) is 3.17. The first-order valence-electron chi connectivity index (χ1n) is 8.27. The Morgan fingerprint density at radius 2 is 1.69 bits per heavy atom. The Morgan fingerprint density at radius 1 is 1.04 bits per heavy atom. The molecule has 0 bridgehead atoms. The summed E-state index contributed by atoms with van der Waals surface area (Å²) in [5, 5.41) is 2.70. The highest BCUT2D eigenvalue weighted by Crippen LogP contribution is 2.36. The van der Waals surface area contributed by atoms with Gasteiger partial charge in [-0.15, -0.1) is 0 Å². The summed E-state index contributed by atoms with van der Waals surface area (Å²) in [7, 11) is -4.55. The molecule has 0 heterocycles. The Balaban J connectivity index is 2.24. The van der Waals surface area contributed by atoms with E-state index in [4.69, 9.17) is 4.74 Å². The summed E-state index contributed by atoms with van der Waals surface area (Å²) < 4.78 is 39.7. The summed E-state index contributed by atoms with van der Waals surface area (Å²) in [5.41, 5.74) is -0.615. The van der Waals surface area contributed by atoms with Gasteiger partial charge in [0.15, 0.2) is 0 Å². The molecule has 5 nitrogen and oxygen atoms in total. The van der Waals surface area contributed by atoms with Crippen molar-refractivity contribution in [3.8, 4) is 5.75 Å². The average Bonchev–Trinajstić information content (AvgIpc) is 2.60. The van der Waals surface area contributed by atoms with Crippen LogP contribution in [0.15, 0.2) is 53.4 Å². The summed E-state index contributed by atoms with van der Waals surface area (Å²) in [5.74, 6) is 0.0839. The van der Waals surface area contributed by atoms with Crippen LogP contribution in [0, 0.1) is 5.41 Å². The van der Waals surface area contributed by atoms with Crippen molar-refractivity contribution in [3.63, 3.8) is 0 Å². The minimum Gasteiger partial charge on any atom is -0.744 e. The van der Waals surface area contributed by atoms with Crippen molar-refractivity contribution < 1.29 is 22.5 Å². The molecule has 0 saturated carbocycles. The summed E-state index contributed by atoms with van der Waals surface area (Å²) in [6.07, 6.45) is 0.641. The molecule has 0 radical (unpaired) electrons. The van der Waals surface area contributed by atoms with Crippen LogP contribution in [0.4, 0.5) is 0 Å². The van der Waals surface area contributed by atoms with Gasteiger partial charge < -0.3 is 9.29 Å². The van der Waals surface area contributed by atoms with Crippen LogP contribution < -0.4 is 4.74 Å². The largest absolute Gasteiger partial charge is 0.744 e. The van der Waals surface area contributed by atoms with Crippen molar-refractivity contribution in [1.82, 2.24) is 0 Å². The third kappa shape index (κ3) is 3.30. The third-order valence-electron chi connectivity index (χ3n) is 4.72. The average molecular weight is 371 g/mol. The molecule has 3 rings (SSSR count). The smallest absolute Gasteiger partial charge is 0.316 e. The highest BCUT2D eigenvalue weighted by molar-refractivity contribution is 7.85. The van der Waals surface area contributed by atoms with Gasteiger partial charge in [-0.1, -0.05) is 37.3 Å². The molecule has 6 heteroatoms. The van der Waals surface area contributed by atoms with E-state index < -0.39 is 15.5 Å². The zero-order chi connectivity index (χ0) is 19.1. The number of esters is 1. The van der Waals surface area contributed by atoms with Crippen molar-refractivity contribution in [2.24, 2.45) is 5.41 Å². The van der Waals surface area contributed by atoms with E-state index in [9.17, 15) is 17.8 Å². The molecule has 0 atom stereocenters. The van der Waals surface area contributed by atoms with Crippen LogP contribution in [0.1, 0.15) is 27.2 Å². The monoisotopic (exact) mass is 371 g/mol. The topological polar surface area (TPSA) is 83.5 Å². The van der Waals surface area contributed by atoms with Crippen LogP contribution in [0.3, 0.4) is 0 Å². The molecule has 0 aliphatic carbocycles. The van der Waals surface area contributed by atoms with Gasteiger partial charge in [0, 0.05) is 5.39 Å². The lowest BCUT2D eigenvalue weighted by molar-refractivity contribution is -0.144. The minimum absolute atomic E-state index is 0.285. The van der Waals surface area contributed by atoms with Crippen LogP contribution in [0.25, 0.3) is 21.5 Å². The Labute approximate surface area is 152 Å². The number of benzene rings is 3. The Kier molecular flexibility index (Phi) is 4.50. The van der Waals surface area contributed by atoms with Crippen molar-refractivity contribution >= 4 is 37.6 Å². The second-order valence-corrected chi connectivity index (χ2v) is 8.26. The first kappa shape index (κ1) is 18.4. The fourth-order valence-electron chi connectivity index (χ4n) is 2.67. The standard InChI is InChI=1S/C20H20O5S/c1-4-20(2,3)19(21)25-18-11-13-9-10-14(26(22,23)24)12-17(13)15-7-5-6-8-16(15)18/h5-12H,4H2,1-3H3,(H,22,23,24)/p-1. The summed E-state index contributed by atoms with van der Waals surface area (Å²) in [4.78, 5) is 12.2. The number of fused-ring (bicyclic) bond motifs is 3. The first-order valence-corrected chi connectivity index (χ1v) is 9.68. The minimum atomic E-state index is -4.55. The summed E-state index contributed by atoms with van der Waals surface area (Å²) >= 11 is 0. The third-order valence-corrected chi connectivity index (χ3v) is 5.55. The maximum Gasteiger partial charge on any atom is 0.316 e. The first-order chi connectivity index (χ1) is 12.1. The van der Waals surface area contributed by atoms with Crippen LogP contribution in [-0.2, 0) is 14.9 Å². The van der Waals surface area contributed by atoms with E-state index in [1.165, 1.54) is 12.1 Å². The number of hydrogen-bond acceptors (Lipinski definition) is 5. The predicted octanol–water partition coefficient (Wildman–Crippen LogP) is 4.24. The maximum absolute atomic E-state index is 12.5. The molecule has 0 spiro atoms. The van der Waals surface area contributed by atoms with Gasteiger partial charge in [0.05, 0.1) is 10.3 Å². The lowest BCUT2D eigenvalue weighted by atomic mass is 9.90. The quantitative estimate of drug-likeness (QED) is 0.296. The van der Waals surface area contributed by atoms with E-state index in [0.29, 0.717) is 33.7 Å². The number of rotatable bonds is 4. The lowest BCUT2D eigenvalue weighted by Crippen LogP contribution is -2.28. The van der Waals surface area contributed by atoms with E-state index in [0.717, 1.165) is 0 Å². The molecule has 3 aromatic carbocycles. The Bertz CT molecular complexity index is 1110. The Morgan fingerprint density at radius 3 is 2.31 bits per heavy atom. The molecule has 0 unspecified atom stereocenters. The summed E-state index contributed by atoms with van der Waals surface area (Å²) in [6, 6.07) is 13.1. The second-order valence-electron chi connectivity index (χ2n) is 6.88. The number of carbonyl (C=O) groups excluding carboxylic acids is 1. The van der Waals surface area contributed by atoms with Gasteiger partial charge in [-0.05, 0) is 54.6 Å². The van der Waals surface area contributed by atoms with E-state index in [1.54, 1.807) is 24.3 Å². The zero-order valence-electron chi connectivity index (χ0n) is 14.8. The van der Waals surface area contributed by atoms with Crippen molar-refractivity contribution in [3.05, 3.63) is 48.5 Å². The number of hydrogen-bond donors (Lipinski definition) is 0. The molecular weight excluding hydrogens is 352 g/mol. The normalized spacial score (nSPS) is 12.5. The maximum atomic E-state index is 12.5. The van der Waals surface area contributed by atoms with Gasteiger partial charge in [-0.2, -0.15) is 0 Å². The zero-order valence-corrected chi connectivity index (χ0v) is 15.6. The highest BCUT2D eigenvalue weighted by Gasteiger charge is 2.28. The van der Waals surface area contributed by atoms with Crippen molar-refractivity contribution in [2.45, 2.75) is 32.1 Å².